The van der Waals surface area contributed by atoms with E-state index in [4.69, 9.17) is 21.4 Å². The Kier molecular flexibility index (Phi) is 8.46. The van der Waals surface area contributed by atoms with Crippen LogP contribution in [0.5, 0.6) is 0 Å². The summed E-state index contributed by atoms with van der Waals surface area (Å²) in [5.41, 5.74) is 5.14. The Morgan fingerprint density at radius 3 is 2.53 bits per heavy atom. The minimum Gasteiger partial charge on any atom is -0.379 e. The summed E-state index contributed by atoms with van der Waals surface area (Å²) in [5.74, 6) is -0.0619. The van der Waals surface area contributed by atoms with Crippen molar-refractivity contribution in [3.05, 3.63) is 69.7 Å². The van der Waals surface area contributed by atoms with Gasteiger partial charge in [-0.05, 0) is 61.1 Å². The van der Waals surface area contributed by atoms with Gasteiger partial charge in [-0.3, -0.25) is 14.5 Å². The number of morpholine rings is 1. The van der Waals surface area contributed by atoms with Gasteiger partial charge in [0.1, 0.15) is 6.54 Å². The topological polar surface area (TPSA) is 65.5 Å². The molecule has 2 aromatic rings. The van der Waals surface area contributed by atoms with Crippen molar-refractivity contribution in [2.75, 3.05) is 45.9 Å². The smallest absolute Gasteiger partial charge is 0.262 e. The zero-order chi connectivity index (χ0) is 26.6. The summed E-state index contributed by atoms with van der Waals surface area (Å²) >= 11 is 6.60. The highest BCUT2D eigenvalue weighted by Crippen LogP contribution is 2.37. The van der Waals surface area contributed by atoms with Crippen molar-refractivity contribution in [2.45, 2.75) is 45.6 Å². The minimum absolute atomic E-state index is 0.0182. The molecule has 1 saturated heterocycles. The number of amides is 2. The van der Waals surface area contributed by atoms with Gasteiger partial charge in [0.2, 0.25) is 5.91 Å². The Bertz CT molecular complexity index is 1210. The van der Waals surface area contributed by atoms with E-state index in [0.29, 0.717) is 31.2 Å². The number of ether oxygens (including phenoxy) is 1. The van der Waals surface area contributed by atoms with Gasteiger partial charge in [-0.1, -0.05) is 48.4 Å². The Morgan fingerprint density at radius 1 is 1.08 bits per heavy atom. The third-order valence-corrected chi connectivity index (χ3v) is 8.50. The number of nitrogens with zero attached hydrogens (tertiary/aromatic N) is 4. The van der Waals surface area contributed by atoms with Crippen LogP contribution in [0.2, 0.25) is 5.02 Å². The van der Waals surface area contributed by atoms with Crippen LogP contribution in [0, 0.1) is 19.8 Å². The third-order valence-electron chi connectivity index (χ3n) is 8.15. The largest absolute Gasteiger partial charge is 0.379 e. The van der Waals surface area contributed by atoms with E-state index >= 15 is 0 Å². The third kappa shape index (κ3) is 5.95. The average Bonchev–Trinajstić information content (AvgIpc) is 3.33. The van der Waals surface area contributed by atoms with E-state index in [9.17, 15) is 9.59 Å². The number of hydrogen-bond acceptors (Lipinski definition) is 5. The fourth-order valence-electron chi connectivity index (χ4n) is 5.33. The molecule has 0 aromatic heterocycles. The Labute approximate surface area is 230 Å². The molecule has 1 atom stereocenters. The lowest BCUT2D eigenvalue weighted by molar-refractivity contribution is -0.145. The van der Waals surface area contributed by atoms with Gasteiger partial charge >= 0.3 is 0 Å². The van der Waals surface area contributed by atoms with Crippen molar-refractivity contribution in [1.82, 2.24) is 14.8 Å². The summed E-state index contributed by atoms with van der Waals surface area (Å²) in [6.07, 6.45) is 3.46. The van der Waals surface area contributed by atoms with Gasteiger partial charge < -0.3 is 9.64 Å². The lowest BCUT2D eigenvalue weighted by Gasteiger charge is -2.34. The van der Waals surface area contributed by atoms with Crippen molar-refractivity contribution < 1.29 is 14.3 Å². The summed E-state index contributed by atoms with van der Waals surface area (Å²) in [5, 5.41) is 7.03. The number of hydrogen-bond donors (Lipinski definition) is 0. The van der Waals surface area contributed by atoms with Crippen molar-refractivity contribution in [3.63, 3.8) is 0 Å². The van der Waals surface area contributed by atoms with E-state index in [1.165, 1.54) is 11.1 Å². The second-order valence-electron chi connectivity index (χ2n) is 10.7. The highest BCUT2D eigenvalue weighted by molar-refractivity contribution is 6.31. The summed E-state index contributed by atoms with van der Waals surface area (Å²) in [6, 6.07) is 13.6. The predicted octanol–water partition coefficient (Wildman–Crippen LogP) is 4.60. The van der Waals surface area contributed by atoms with Crippen LogP contribution in [0.4, 0.5) is 0 Å². The van der Waals surface area contributed by atoms with Crippen LogP contribution in [-0.4, -0.2) is 78.3 Å². The first-order valence-electron chi connectivity index (χ1n) is 13.7. The molecule has 0 radical (unpaired) electrons. The molecule has 0 unspecified atom stereocenters. The molecule has 7 nitrogen and oxygen atoms in total. The zero-order valence-corrected chi connectivity index (χ0v) is 23.1. The average molecular weight is 537 g/mol. The molecule has 0 bridgehead atoms. The van der Waals surface area contributed by atoms with Gasteiger partial charge in [-0.15, -0.1) is 0 Å². The molecule has 2 fully saturated rings. The van der Waals surface area contributed by atoms with Crippen molar-refractivity contribution in [1.29, 1.82) is 0 Å². The monoisotopic (exact) mass is 536 g/mol. The van der Waals surface area contributed by atoms with E-state index in [-0.39, 0.29) is 30.3 Å². The molecule has 38 heavy (non-hydrogen) atoms. The number of benzene rings is 2. The summed E-state index contributed by atoms with van der Waals surface area (Å²) < 4.78 is 5.47. The highest BCUT2D eigenvalue weighted by atomic mass is 35.5. The standard InChI is InChI=1S/C30H37ClN4O3/c1-21-10-11-24(18-22(21)2)27-19-28(25-8-3-4-9-26(25)31)35(32-27)29(36)20-34(30(37)23-6-5-7-23)13-12-33-14-16-38-17-15-33/h3-4,8-11,18,23,28H,5-7,12-17,19-20H2,1-2H3/t28-/m0/s1. The quantitative estimate of drug-likeness (QED) is 0.495. The molecular formula is C30H37ClN4O3. The van der Waals surface area contributed by atoms with Crippen LogP contribution in [0.15, 0.2) is 47.6 Å². The van der Waals surface area contributed by atoms with Gasteiger partial charge in [0, 0.05) is 43.5 Å². The molecule has 3 aliphatic rings. The van der Waals surface area contributed by atoms with Gasteiger partial charge in [0.25, 0.3) is 5.91 Å². The van der Waals surface area contributed by atoms with E-state index in [1.54, 1.807) is 9.91 Å². The maximum Gasteiger partial charge on any atom is 0.262 e. The van der Waals surface area contributed by atoms with Crippen molar-refractivity contribution in [2.24, 2.45) is 11.0 Å². The van der Waals surface area contributed by atoms with E-state index < -0.39 is 0 Å². The predicted molar refractivity (Wildman–Crippen MR) is 149 cm³/mol. The number of carbonyl (C=O) groups excluding carboxylic acids is 2. The number of rotatable bonds is 8. The number of carbonyl (C=O) groups is 2. The Balaban J connectivity index is 1.39. The second kappa shape index (κ2) is 12.0. The highest BCUT2D eigenvalue weighted by Gasteiger charge is 2.37. The summed E-state index contributed by atoms with van der Waals surface area (Å²) in [7, 11) is 0. The lowest BCUT2D eigenvalue weighted by atomic mass is 9.84. The maximum absolute atomic E-state index is 13.9. The molecule has 2 heterocycles. The first kappa shape index (κ1) is 26.9. The summed E-state index contributed by atoms with van der Waals surface area (Å²) in [6.45, 7) is 8.57. The molecule has 202 valence electrons. The van der Waals surface area contributed by atoms with Crippen LogP contribution in [0.25, 0.3) is 0 Å². The van der Waals surface area contributed by atoms with Crippen LogP contribution in [0.1, 0.15) is 54.0 Å². The van der Waals surface area contributed by atoms with Crippen molar-refractivity contribution >= 4 is 29.1 Å². The lowest BCUT2D eigenvalue weighted by Crippen LogP contribution is -2.49. The molecule has 2 aliphatic heterocycles. The van der Waals surface area contributed by atoms with Crippen LogP contribution >= 0.6 is 11.6 Å². The second-order valence-corrected chi connectivity index (χ2v) is 11.1. The van der Waals surface area contributed by atoms with Gasteiger partial charge in [0.15, 0.2) is 0 Å². The van der Waals surface area contributed by atoms with Gasteiger partial charge in [0.05, 0.1) is 25.0 Å². The number of aryl methyl sites for hydroxylation is 2. The molecule has 1 aliphatic carbocycles. The van der Waals surface area contributed by atoms with Crippen molar-refractivity contribution in [3.8, 4) is 0 Å². The zero-order valence-electron chi connectivity index (χ0n) is 22.4. The first-order valence-corrected chi connectivity index (χ1v) is 14.1. The number of hydrazone groups is 1. The van der Waals surface area contributed by atoms with Gasteiger partial charge in [-0.2, -0.15) is 5.10 Å². The minimum atomic E-state index is -0.312. The molecule has 2 aromatic carbocycles. The Hall–Kier alpha value is -2.74. The molecule has 1 saturated carbocycles. The molecule has 0 N–H and O–H groups in total. The molecule has 8 heteroatoms. The molecular weight excluding hydrogens is 500 g/mol. The van der Waals surface area contributed by atoms with E-state index in [1.807, 2.05) is 24.3 Å². The summed E-state index contributed by atoms with van der Waals surface area (Å²) in [4.78, 5) is 31.3. The van der Waals surface area contributed by atoms with E-state index in [2.05, 4.69) is 36.9 Å². The normalized spacial score (nSPS) is 20.2. The van der Waals surface area contributed by atoms with Gasteiger partial charge in [-0.25, -0.2) is 5.01 Å². The van der Waals surface area contributed by atoms with E-state index in [0.717, 1.165) is 55.7 Å². The SMILES string of the molecule is Cc1ccc(C2=NN(C(=O)CN(CCN3CCOCC3)C(=O)C3CCC3)[C@H](c3ccccc3Cl)C2)cc1C. The van der Waals surface area contributed by atoms with Crippen LogP contribution in [0.3, 0.4) is 0 Å². The van der Waals surface area contributed by atoms with Crippen LogP contribution < -0.4 is 0 Å². The maximum atomic E-state index is 13.9. The molecule has 2 amide bonds. The fraction of sp³-hybridized carbons (Fsp3) is 0.500. The fourth-order valence-corrected chi connectivity index (χ4v) is 5.59. The molecule has 5 rings (SSSR count). The van der Waals surface area contributed by atoms with Crippen LogP contribution in [-0.2, 0) is 14.3 Å². The number of halogens is 1. The molecule has 0 spiro atoms. The Morgan fingerprint density at radius 2 is 1.84 bits per heavy atom. The first-order chi connectivity index (χ1) is 18.4.